The molecule has 0 atom stereocenters. The third kappa shape index (κ3) is 1.56. The lowest BCUT2D eigenvalue weighted by molar-refractivity contribution is 0.103. The van der Waals surface area contributed by atoms with Crippen LogP contribution in [0.3, 0.4) is 0 Å². The summed E-state index contributed by atoms with van der Waals surface area (Å²) in [6, 6.07) is 14.3. The van der Waals surface area contributed by atoms with Gasteiger partial charge in [-0.1, -0.05) is 30.3 Å². The maximum atomic E-state index is 13.7. The molecule has 2 nitrogen and oxygen atoms in total. The summed E-state index contributed by atoms with van der Waals surface area (Å²) in [5, 5.41) is 0. The van der Waals surface area contributed by atoms with Crippen molar-refractivity contribution < 1.29 is 9.18 Å². The van der Waals surface area contributed by atoms with Crippen LogP contribution in [0.5, 0.6) is 0 Å². The van der Waals surface area contributed by atoms with Crippen molar-refractivity contribution in [3.05, 3.63) is 71.3 Å². The average molecular weight is 291 g/mol. The summed E-state index contributed by atoms with van der Waals surface area (Å²) in [6.07, 6.45) is 0. The van der Waals surface area contributed by atoms with Gasteiger partial charge in [0, 0.05) is 29.4 Å². The topological polar surface area (TPSA) is 22.0 Å². The summed E-state index contributed by atoms with van der Waals surface area (Å²) in [5.41, 5.74) is 5.85. The van der Waals surface area contributed by atoms with Gasteiger partial charge in [-0.15, -0.1) is 0 Å². The van der Waals surface area contributed by atoms with Crippen LogP contribution in [0, 0.1) is 12.7 Å². The average Bonchev–Trinajstić information content (AvgIpc) is 2.95. The van der Waals surface area contributed by atoms with Crippen LogP contribution < -0.4 is 0 Å². The van der Waals surface area contributed by atoms with Crippen molar-refractivity contribution in [2.75, 3.05) is 0 Å². The SMILES string of the molecule is Cc1c(-c2ccccc2)c2c(n1C)C(=O)c1ccc(F)cc1-2. The van der Waals surface area contributed by atoms with E-state index in [1.165, 1.54) is 12.1 Å². The number of fused-ring (bicyclic) bond motifs is 3. The second kappa shape index (κ2) is 4.41. The van der Waals surface area contributed by atoms with Gasteiger partial charge in [-0.25, -0.2) is 4.39 Å². The molecule has 0 saturated carbocycles. The number of carbonyl (C=O) groups is 1. The summed E-state index contributed by atoms with van der Waals surface area (Å²) in [7, 11) is 1.89. The van der Waals surface area contributed by atoms with Crippen LogP contribution in [0.2, 0.25) is 0 Å². The number of carbonyl (C=O) groups excluding carboxylic acids is 1. The molecule has 0 fully saturated rings. The van der Waals surface area contributed by atoms with Gasteiger partial charge in [-0.05, 0) is 36.2 Å². The van der Waals surface area contributed by atoms with Crippen molar-refractivity contribution in [1.29, 1.82) is 0 Å². The molecule has 108 valence electrons. The highest BCUT2D eigenvalue weighted by molar-refractivity contribution is 6.23. The zero-order valence-electron chi connectivity index (χ0n) is 12.4. The molecule has 0 amide bonds. The van der Waals surface area contributed by atoms with Gasteiger partial charge in [-0.3, -0.25) is 4.79 Å². The van der Waals surface area contributed by atoms with Gasteiger partial charge in [0.05, 0.1) is 5.69 Å². The highest BCUT2D eigenvalue weighted by Gasteiger charge is 2.34. The highest BCUT2D eigenvalue weighted by atomic mass is 19.1. The normalized spacial score (nSPS) is 12.4. The maximum Gasteiger partial charge on any atom is 0.210 e. The monoisotopic (exact) mass is 291 g/mol. The Morgan fingerprint density at radius 1 is 0.955 bits per heavy atom. The molecule has 0 bridgehead atoms. The summed E-state index contributed by atoms with van der Waals surface area (Å²) in [5.74, 6) is -0.349. The fraction of sp³-hybridized carbons (Fsp3) is 0.105. The number of hydrogen-bond acceptors (Lipinski definition) is 1. The molecule has 1 aliphatic carbocycles. The molecule has 0 N–H and O–H groups in total. The van der Waals surface area contributed by atoms with Crippen LogP contribution in [0.4, 0.5) is 4.39 Å². The van der Waals surface area contributed by atoms with Crippen molar-refractivity contribution >= 4 is 5.78 Å². The Kier molecular flexibility index (Phi) is 2.61. The maximum absolute atomic E-state index is 13.7. The molecule has 0 radical (unpaired) electrons. The van der Waals surface area contributed by atoms with Gasteiger partial charge in [0.15, 0.2) is 0 Å². The Hall–Kier alpha value is -2.68. The first-order valence-electron chi connectivity index (χ1n) is 7.19. The molecular formula is C19H14FNO. The van der Waals surface area contributed by atoms with Gasteiger partial charge >= 0.3 is 0 Å². The van der Waals surface area contributed by atoms with Crippen LogP contribution in [0.1, 0.15) is 21.7 Å². The molecule has 1 heterocycles. The third-order valence-electron chi connectivity index (χ3n) is 4.46. The predicted octanol–water partition coefficient (Wildman–Crippen LogP) is 4.35. The van der Waals surface area contributed by atoms with E-state index in [2.05, 4.69) is 0 Å². The molecule has 0 saturated heterocycles. The van der Waals surface area contributed by atoms with Crippen LogP contribution >= 0.6 is 0 Å². The Labute approximate surface area is 127 Å². The van der Waals surface area contributed by atoms with Crippen LogP contribution in [-0.2, 0) is 7.05 Å². The first-order valence-corrected chi connectivity index (χ1v) is 7.19. The largest absolute Gasteiger partial charge is 0.344 e. The molecule has 4 rings (SSSR count). The Bertz CT molecular complexity index is 922. The van der Waals surface area contributed by atoms with E-state index in [0.717, 1.165) is 22.4 Å². The van der Waals surface area contributed by atoms with Crippen molar-refractivity contribution in [3.8, 4) is 22.3 Å². The van der Waals surface area contributed by atoms with Crippen molar-refractivity contribution in [2.24, 2.45) is 7.05 Å². The quantitative estimate of drug-likeness (QED) is 0.511. The van der Waals surface area contributed by atoms with Gasteiger partial charge in [0.2, 0.25) is 5.78 Å². The molecule has 3 aromatic rings. The van der Waals surface area contributed by atoms with Crippen LogP contribution in [-0.4, -0.2) is 10.4 Å². The molecule has 0 spiro atoms. The van der Waals surface area contributed by atoms with Crippen LogP contribution in [0.15, 0.2) is 48.5 Å². The van der Waals surface area contributed by atoms with Gasteiger partial charge < -0.3 is 4.57 Å². The van der Waals surface area contributed by atoms with E-state index in [9.17, 15) is 9.18 Å². The van der Waals surface area contributed by atoms with E-state index >= 15 is 0 Å². The molecule has 2 aromatic carbocycles. The van der Waals surface area contributed by atoms with E-state index in [1.54, 1.807) is 6.07 Å². The molecule has 3 heteroatoms. The lowest BCUT2D eigenvalue weighted by atomic mass is 9.97. The fourth-order valence-corrected chi connectivity index (χ4v) is 3.34. The molecule has 0 aliphatic heterocycles. The number of hydrogen-bond donors (Lipinski definition) is 0. The smallest absolute Gasteiger partial charge is 0.210 e. The van der Waals surface area contributed by atoms with E-state index in [-0.39, 0.29) is 11.6 Å². The Balaban J connectivity index is 2.12. The Morgan fingerprint density at radius 3 is 2.41 bits per heavy atom. The van der Waals surface area contributed by atoms with Crippen molar-refractivity contribution in [3.63, 3.8) is 0 Å². The third-order valence-corrected chi connectivity index (χ3v) is 4.46. The predicted molar refractivity (Wildman–Crippen MR) is 84.4 cm³/mol. The number of aromatic nitrogens is 1. The number of ketones is 1. The standard InChI is InChI=1S/C19H14FNO/c1-11-16(12-6-4-3-5-7-12)17-15-10-13(20)8-9-14(15)19(22)18(17)21(11)2/h3-10H,1-2H3. The zero-order chi connectivity index (χ0) is 15.4. The summed E-state index contributed by atoms with van der Waals surface area (Å²) < 4.78 is 15.6. The van der Waals surface area contributed by atoms with E-state index in [1.807, 2.05) is 48.9 Å². The highest BCUT2D eigenvalue weighted by Crippen LogP contribution is 2.46. The number of nitrogens with zero attached hydrogens (tertiary/aromatic N) is 1. The fourth-order valence-electron chi connectivity index (χ4n) is 3.34. The molecule has 22 heavy (non-hydrogen) atoms. The minimum atomic E-state index is -0.320. The lowest BCUT2D eigenvalue weighted by Crippen LogP contribution is -2.05. The first kappa shape index (κ1) is 13.0. The van der Waals surface area contributed by atoms with Crippen molar-refractivity contribution in [1.82, 2.24) is 4.57 Å². The van der Waals surface area contributed by atoms with Gasteiger partial charge in [-0.2, -0.15) is 0 Å². The van der Waals surface area contributed by atoms with Gasteiger partial charge in [0.1, 0.15) is 5.82 Å². The van der Waals surface area contributed by atoms with Crippen molar-refractivity contribution in [2.45, 2.75) is 6.92 Å². The van der Waals surface area contributed by atoms with Gasteiger partial charge in [0.25, 0.3) is 0 Å². The summed E-state index contributed by atoms with van der Waals surface area (Å²) >= 11 is 0. The molecule has 1 aliphatic rings. The molecule has 0 unspecified atom stereocenters. The molecule has 1 aromatic heterocycles. The lowest BCUT2D eigenvalue weighted by Gasteiger charge is -2.07. The first-order chi connectivity index (χ1) is 10.6. The summed E-state index contributed by atoms with van der Waals surface area (Å²) in [4.78, 5) is 12.7. The second-order valence-corrected chi connectivity index (χ2v) is 5.63. The number of rotatable bonds is 1. The summed E-state index contributed by atoms with van der Waals surface area (Å²) in [6.45, 7) is 1.99. The number of halogens is 1. The van der Waals surface area contributed by atoms with E-state index in [4.69, 9.17) is 0 Å². The molecular weight excluding hydrogens is 277 g/mol. The van der Waals surface area contributed by atoms with E-state index in [0.29, 0.717) is 16.8 Å². The minimum Gasteiger partial charge on any atom is -0.344 e. The van der Waals surface area contributed by atoms with E-state index < -0.39 is 0 Å². The minimum absolute atomic E-state index is 0.0298. The Morgan fingerprint density at radius 2 is 1.68 bits per heavy atom. The zero-order valence-corrected chi connectivity index (χ0v) is 12.4. The van der Waals surface area contributed by atoms with Crippen LogP contribution in [0.25, 0.3) is 22.3 Å². The second-order valence-electron chi connectivity index (χ2n) is 5.63. The number of benzene rings is 2.